The van der Waals surface area contributed by atoms with Gasteiger partial charge in [0.15, 0.2) is 0 Å². The molecule has 19 heavy (non-hydrogen) atoms. The van der Waals surface area contributed by atoms with Gasteiger partial charge in [0.25, 0.3) is 0 Å². The molecule has 0 aliphatic rings. The van der Waals surface area contributed by atoms with Crippen LogP contribution in [0.2, 0.25) is 0 Å². The minimum atomic E-state index is -0.634. The molecule has 1 aromatic carbocycles. The Morgan fingerprint density at radius 1 is 1.16 bits per heavy atom. The zero-order valence-electron chi connectivity index (χ0n) is 10.7. The molecule has 1 N–H and O–H groups in total. The van der Waals surface area contributed by atoms with E-state index < -0.39 is 11.6 Å². The summed E-state index contributed by atoms with van der Waals surface area (Å²) in [7, 11) is 0. The molecule has 0 bridgehead atoms. The monoisotopic (exact) mass is 280 g/mol. The van der Waals surface area contributed by atoms with Crippen LogP contribution in [-0.2, 0) is 6.42 Å². The molecule has 0 aliphatic carbocycles. The Kier molecular flexibility index (Phi) is 4.04. The number of hydrogen-bond acceptors (Lipinski definition) is 2. The van der Waals surface area contributed by atoms with E-state index in [2.05, 4.69) is 23.8 Å². The van der Waals surface area contributed by atoms with Crippen molar-refractivity contribution in [3.05, 3.63) is 46.2 Å². The van der Waals surface area contributed by atoms with Crippen LogP contribution in [0.1, 0.15) is 19.5 Å². The third-order valence-electron chi connectivity index (χ3n) is 2.56. The van der Waals surface area contributed by atoms with Crippen LogP contribution in [-0.4, -0.2) is 9.97 Å². The van der Waals surface area contributed by atoms with Gasteiger partial charge < -0.3 is 4.98 Å². The maximum absolute atomic E-state index is 13.2. The van der Waals surface area contributed by atoms with E-state index in [0.29, 0.717) is 21.9 Å². The molecule has 2 aromatic rings. The van der Waals surface area contributed by atoms with Crippen molar-refractivity contribution >= 4 is 12.2 Å². The zero-order chi connectivity index (χ0) is 14.0. The Morgan fingerprint density at radius 3 is 2.37 bits per heavy atom. The molecule has 5 heteroatoms. The van der Waals surface area contributed by atoms with Crippen molar-refractivity contribution in [2.24, 2.45) is 5.92 Å². The average Bonchev–Trinajstić information content (AvgIpc) is 2.25. The van der Waals surface area contributed by atoms with Gasteiger partial charge in [0.05, 0.1) is 0 Å². The first kappa shape index (κ1) is 13.8. The third-order valence-corrected chi connectivity index (χ3v) is 2.77. The molecule has 0 atom stereocenters. The topological polar surface area (TPSA) is 28.7 Å². The lowest BCUT2D eigenvalue weighted by Gasteiger charge is -2.08. The minimum Gasteiger partial charge on any atom is -0.343 e. The molecule has 2 rings (SSSR count). The predicted molar refractivity (Wildman–Crippen MR) is 73.3 cm³/mol. The molecule has 100 valence electrons. The standard InChI is InChI=1S/C14H14F2N2S/c1-8(2)3-12-7-13(19)18-14(17-12)9-4-10(15)6-11(16)5-9/h4-8H,3H2,1-2H3,(H,17,18,19). The van der Waals surface area contributed by atoms with E-state index in [-0.39, 0.29) is 0 Å². The number of aromatic amines is 1. The normalized spacial score (nSPS) is 11.0. The molecular formula is C14H14F2N2S. The lowest BCUT2D eigenvalue weighted by Crippen LogP contribution is -2.01. The fourth-order valence-corrected chi connectivity index (χ4v) is 2.12. The van der Waals surface area contributed by atoms with E-state index in [1.807, 2.05) is 0 Å². The van der Waals surface area contributed by atoms with Crippen LogP contribution in [0.3, 0.4) is 0 Å². The highest BCUT2D eigenvalue weighted by atomic mass is 32.1. The Labute approximate surface area is 115 Å². The predicted octanol–water partition coefficient (Wildman–Crippen LogP) is 4.28. The number of hydrogen-bond donors (Lipinski definition) is 1. The van der Waals surface area contributed by atoms with Crippen molar-refractivity contribution in [2.45, 2.75) is 20.3 Å². The quantitative estimate of drug-likeness (QED) is 0.850. The lowest BCUT2D eigenvalue weighted by atomic mass is 10.1. The van der Waals surface area contributed by atoms with Crippen molar-refractivity contribution in [1.29, 1.82) is 0 Å². The molecule has 0 aliphatic heterocycles. The van der Waals surface area contributed by atoms with Crippen LogP contribution >= 0.6 is 12.2 Å². The Hall–Kier alpha value is -1.62. The summed E-state index contributed by atoms with van der Waals surface area (Å²) in [6.45, 7) is 4.16. The van der Waals surface area contributed by atoms with Gasteiger partial charge in [0.1, 0.15) is 22.1 Å². The molecule has 0 fully saturated rings. The fraction of sp³-hybridized carbons (Fsp3) is 0.286. The van der Waals surface area contributed by atoms with Gasteiger partial charge in [-0.1, -0.05) is 26.1 Å². The Morgan fingerprint density at radius 2 is 1.79 bits per heavy atom. The van der Waals surface area contributed by atoms with Crippen LogP contribution in [0.25, 0.3) is 11.4 Å². The summed E-state index contributed by atoms with van der Waals surface area (Å²) in [5.41, 5.74) is 1.27. The number of nitrogens with zero attached hydrogens (tertiary/aromatic N) is 1. The van der Waals surface area contributed by atoms with Crippen molar-refractivity contribution in [3.63, 3.8) is 0 Å². The number of rotatable bonds is 3. The largest absolute Gasteiger partial charge is 0.343 e. The highest BCUT2D eigenvalue weighted by molar-refractivity contribution is 7.71. The van der Waals surface area contributed by atoms with Crippen LogP contribution in [0.5, 0.6) is 0 Å². The first-order valence-corrected chi connectivity index (χ1v) is 6.41. The van der Waals surface area contributed by atoms with E-state index in [0.717, 1.165) is 18.2 Å². The number of aromatic nitrogens is 2. The van der Waals surface area contributed by atoms with E-state index in [4.69, 9.17) is 12.2 Å². The summed E-state index contributed by atoms with van der Waals surface area (Å²) in [5.74, 6) is -0.428. The van der Waals surface area contributed by atoms with E-state index in [9.17, 15) is 8.78 Å². The summed E-state index contributed by atoms with van der Waals surface area (Å²) in [4.78, 5) is 7.20. The van der Waals surface area contributed by atoms with Gasteiger partial charge in [0, 0.05) is 17.3 Å². The highest BCUT2D eigenvalue weighted by Crippen LogP contribution is 2.19. The second kappa shape index (κ2) is 5.57. The smallest absolute Gasteiger partial charge is 0.139 e. The number of halogens is 2. The first-order valence-electron chi connectivity index (χ1n) is 6.01. The van der Waals surface area contributed by atoms with Gasteiger partial charge in [-0.2, -0.15) is 0 Å². The average molecular weight is 280 g/mol. The van der Waals surface area contributed by atoms with Crippen LogP contribution < -0.4 is 0 Å². The molecule has 1 aromatic heterocycles. The summed E-state index contributed by atoms with van der Waals surface area (Å²) >= 11 is 5.09. The van der Waals surface area contributed by atoms with E-state index >= 15 is 0 Å². The summed E-state index contributed by atoms with van der Waals surface area (Å²) in [6, 6.07) is 5.07. The molecule has 0 spiro atoms. The van der Waals surface area contributed by atoms with E-state index in [1.165, 1.54) is 12.1 Å². The van der Waals surface area contributed by atoms with Gasteiger partial charge in [-0.25, -0.2) is 13.8 Å². The number of benzene rings is 1. The second-order valence-corrected chi connectivity index (χ2v) is 5.27. The molecule has 1 heterocycles. The first-order chi connectivity index (χ1) is 8.94. The van der Waals surface area contributed by atoms with Gasteiger partial charge >= 0.3 is 0 Å². The fourth-order valence-electron chi connectivity index (χ4n) is 1.88. The number of nitrogens with one attached hydrogen (secondary N) is 1. The Bertz CT molecular complexity index is 630. The van der Waals surface area contributed by atoms with Crippen LogP contribution in [0.15, 0.2) is 24.3 Å². The molecule has 0 radical (unpaired) electrons. The zero-order valence-corrected chi connectivity index (χ0v) is 11.5. The highest BCUT2D eigenvalue weighted by Gasteiger charge is 2.07. The van der Waals surface area contributed by atoms with Gasteiger partial charge in [-0.15, -0.1) is 0 Å². The molecule has 0 saturated carbocycles. The van der Waals surface area contributed by atoms with Crippen LogP contribution in [0, 0.1) is 22.2 Å². The Balaban J connectivity index is 2.49. The molecule has 2 nitrogen and oxygen atoms in total. The molecule has 0 saturated heterocycles. The molecule has 0 amide bonds. The van der Waals surface area contributed by atoms with Crippen molar-refractivity contribution in [2.75, 3.05) is 0 Å². The SMILES string of the molecule is CC(C)Cc1cc(=S)nc(-c2cc(F)cc(F)c2)[nH]1. The van der Waals surface area contributed by atoms with Gasteiger partial charge in [-0.3, -0.25) is 0 Å². The maximum atomic E-state index is 13.2. The second-order valence-electron chi connectivity index (χ2n) is 4.85. The molecule has 0 unspecified atom stereocenters. The summed E-state index contributed by atoms with van der Waals surface area (Å²) < 4.78 is 26.8. The summed E-state index contributed by atoms with van der Waals surface area (Å²) in [5, 5.41) is 0. The molecular weight excluding hydrogens is 266 g/mol. The third kappa shape index (κ3) is 3.67. The van der Waals surface area contributed by atoms with Crippen molar-refractivity contribution in [1.82, 2.24) is 9.97 Å². The van der Waals surface area contributed by atoms with Crippen molar-refractivity contribution in [3.8, 4) is 11.4 Å². The van der Waals surface area contributed by atoms with Gasteiger partial charge in [0.2, 0.25) is 0 Å². The van der Waals surface area contributed by atoms with E-state index in [1.54, 1.807) is 6.07 Å². The summed E-state index contributed by atoms with van der Waals surface area (Å²) in [6.07, 6.45) is 0.803. The van der Waals surface area contributed by atoms with Crippen molar-refractivity contribution < 1.29 is 8.78 Å². The maximum Gasteiger partial charge on any atom is 0.139 e. The lowest BCUT2D eigenvalue weighted by molar-refractivity contribution is 0.583. The van der Waals surface area contributed by atoms with Gasteiger partial charge in [-0.05, 0) is 30.5 Å². The number of H-pyrrole nitrogens is 1. The minimum absolute atomic E-state index is 0.356. The van der Waals surface area contributed by atoms with Crippen LogP contribution in [0.4, 0.5) is 8.78 Å².